The lowest BCUT2D eigenvalue weighted by Gasteiger charge is -2.22. The van der Waals surface area contributed by atoms with Gasteiger partial charge in [-0.2, -0.15) is 0 Å². The van der Waals surface area contributed by atoms with Gasteiger partial charge in [0.1, 0.15) is 0 Å². The van der Waals surface area contributed by atoms with Gasteiger partial charge >= 0.3 is 0 Å². The van der Waals surface area contributed by atoms with Crippen LogP contribution < -0.4 is 0 Å². The molecule has 14 heavy (non-hydrogen) atoms. The molecule has 0 aromatic carbocycles. The Morgan fingerprint density at radius 3 is 1.86 bits per heavy atom. The largest absolute Gasteiger partial charge is 0.0651 e. The van der Waals surface area contributed by atoms with Crippen LogP contribution >= 0.6 is 0 Å². The van der Waals surface area contributed by atoms with Gasteiger partial charge in [0.25, 0.3) is 0 Å². The van der Waals surface area contributed by atoms with Crippen LogP contribution in [0.3, 0.4) is 0 Å². The lowest BCUT2D eigenvalue weighted by molar-refractivity contribution is 0.296. The maximum Gasteiger partial charge on any atom is -0.0391 e. The summed E-state index contributed by atoms with van der Waals surface area (Å²) in [5.74, 6) is 2.01. The molecule has 1 aliphatic carbocycles. The SMILES string of the molecule is CCC1CCCCCCCCCC1C. The molecule has 0 aliphatic heterocycles. The summed E-state index contributed by atoms with van der Waals surface area (Å²) in [5.41, 5.74) is 0. The predicted octanol–water partition coefficient (Wildman–Crippen LogP) is 5.17. The van der Waals surface area contributed by atoms with E-state index in [-0.39, 0.29) is 0 Å². The third-order valence-corrected chi connectivity index (χ3v) is 4.06. The fraction of sp³-hybridized carbons (Fsp3) is 1.00. The molecule has 1 aliphatic rings. The molecular formula is C14H28. The van der Waals surface area contributed by atoms with Crippen molar-refractivity contribution in [3.8, 4) is 0 Å². The van der Waals surface area contributed by atoms with Gasteiger partial charge < -0.3 is 0 Å². The van der Waals surface area contributed by atoms with Gasteiger partial charge in [0.15, 0.2) is 0 Å². The van der Waals surface area contributed by atoms with Crippen LogP contribution in [0.25, 0.3) is 0 Å². The second kappa shape index (κ2) is 7.31. The molecule has 0 heteroatoms. The first kappa shape index (κ1) is 12.1. The van der Waals surface area contributed by atoms with E-state index in [1.54, 1.807) is 0 Å². The molecule has 1 fully saturated rings. The Hall–Kier alpha value is 0. The minimum atomic E-state index is 0.984. The summed E-state index contributed by atoms with van der Waals surface area (Å²) in [4.78, 5) is 0. The summed E-state index contributed by atoms with van der Waals surface area (Å²) in [6, 6.07) is 0. The first-order valence-electron chi connectivity index (χ1n) is 6.84. The van der Waals surface area contributed by atoms with Gasteiger partial charge in [0, 0.05) is 0 Å². The van der Waals surface area contributed by atoms with E-state index in [0.717, 1.165) is 11.8 Å². The molecule has 0 heterocycles. The molecule has 0 bridgehead atoms. The second-order valence-corrected chi connectivity index (χ2v) is 5.20. The van der Waals surface area contributed by atoms with Crippen molar-refractivity contribution in [1.82, 2.24) is 0 Å². The van der Waals surface area contributed by atoms with Crippen LogP contribution in [0, 0.1) is 11.8 Å². The molecule has 84 valence electrons. The molecule has 2 atom stereocenters. The Bertz CT molecular complexity index is 128. The van der Waals surface area contributed by atoms with Crippen molar-refractivity contribution in [1.29, 1.82) is 0 Å². The van der Waals surface area contributed by atoms with Crippen LogP contribution in [0.1, 0.15) is 78.1 Å². The van der Waals surface area contributed by atoms with Gasteiger partial charge in [-0.05, 0) is 11.8 Å². The Morgan fingerprint density at radius 2 is 1.29 bits per heavy atom. The average molecular weight is 196 g/mol. The van der Waals surface area contributed by atoms with E-state index in [2.05, 4.69) is 13.8 Å². The molecule has 0 aromatic heterocycles. The Morgan fingerprint density at radius 1 is 0.786 bits per heavy atom. The second-order valence-electron chi connectivity index (χ2n) is 5.20. The molecule has 0 N–H and O–H groups in total. The van der Waals surface area contributed by atoms with E-state index in [0.29, 0.717) is 0 Å². The van der Waals surface area contributed by atoms with Crippen LogP contribution in [0.2, 0.25) is 0 Å². The summed E-state index contributed by atoms with van der Waals surface area (Å²) in [7, 11) is 0. The van der Waals surface area contributed by atoms with Crippen LogP contribution in [-0.2, 0) is 0 Å². The quantitative estimate of drug-likeness (QED) is 0.542. The van der Waals surface area contributed by atoms with Crippen molar-refractivity contribution in [3.63, 3.8) is 0 Å². The van der Waals surface area contributed by atoms with E-state index >= 15 is 0 Å². The third kappa shape index (κ3) is 4.48. The Balaban J connectivity index is 2.33. The van der Waals surface area contributed by atoms with Gasteiger partial charge in [-0.1, -0.05) is 78.1 Å². The first-order chi connectivity index (χ1) is 6.84. The molecule has 2 unspecified atom stereocenters. The van der Waals surface area contributed by atoms with Gasteiger partial charge in [-0.25, -0.2) is 0 Å². The Labute approximate surface area is 90.5 Å². The van der Waals surface area contributed by atoms with Gasteiger partial charge in [-0.15, -0.1) is 0 Å². The Kier molecular flexibility index (Phi) is 6.31. The predicted molar refractivity (Wildman–Crippen MR) is 64.5 cm³/mol. The molecule has 0 aromatic rings. The maximum absolute atomic E-state index is 2.48. The molecule has 0 spiro atoms. The van der Waals surface area contributed by atoms with E-state index in [1.807, 2.05) is 0 Å². The maximum atomic E-state index is 2.48. The standard InChI is InChI=1S/C14H28/c1-3-14-12-10-8-6-4-5-7-9-11-13(14)2/h13-14H,3-12H2,1-2H3. The zero-order chi connectivity index (χ0) is 10.2. The highest BCUT2D eigenvalue weighted by molar-refractivity contribution is 4.67. The molecule has 0 nitrogen and oxygen atoms in total. The highest BCUT2D eigenvalue weighted by Crippen LogP contribution is 2.28. The van der Waals surface area contributed by atoms with Crippen LogP contribution in [0.15, 0.2) is 0 Å². The summed E-state index contributed by atoms with van der Waals surface area (Å²) < 4.78 is 0. The summed E-state index contributed by atoms with van der Waals surface area (Å²) in [6.07, 6.45) is 14.8. The molecule has 0 saturated heterocycles. The van der Waals surface area contributed by atoms with Gasteiger partial charge in [0.05, 0.1) is 0 Å². The van der Waals surface area contributed by atoms with Crippen molar-refractivity contribution in [2.75, 3.05) is 0 Å². The van der Waals surface area contributed by atoms with E-state index in [4.69, 9.17) is 0 Å². The average Bonchev–Trinajstić information content (AvgIpc) is 2.24. The number of hydrogen-bond donors (Lipinski definition) is 0. The normalized spacial score (nSPS) is 32.1. The fourth-order valence-electron chi connectivity index (χ4n) is 2.88. The van der Waals surface area contributed by atoms with Crippen molar-refractivity contribution in [2.45, 2.75) is 78.1 Å². The molecule has 1 rings (SSSR count). The monoisotopic (exact) mass is 196 g/mol. The lowest BCUT2D eigenvalue weighted by atomic mass is 9.84. The van der Waals surface area contributed by atoms with Crippen LogP contribution in [0.4, 0.5) is 0 Å². The highest BCUT2D eigenvalue weighted by Gasteiger charge is 2.15. The van der Waals surface area contributed by atoms with Crippen molar-refractivity contribution in [2.24, 2.45) is 11.8 Å². The minimum absolute atomic E-state index is 0.984. The zero-order valence-electron chi connectivity index (χ0n) is 10.2. The van der Waals surface area contributed by atoms with E-state index in [9.17, 15) is 0 Å². The minimum Gasteiger partial charge on any atom is -0.0651 e. The lowest BCUT2D eigenvalue weighted by Crippen LogP contribution is -2.10. The van der Waals surface area contributed by atoms with Crippen molar-refractivity contribution >= 4 is 0 Å². The van der Waals surface area contributed by atoms with Crippen molar-refractivity contribution < 1.29 is 0 Å². The summed E-state index contributed by atoms with van der Waals surface area (Å²) in [5, 5.41) is 0. The van der Waals surface area contributed by atoms with Crippen molar-refractivity contribution in [3.05, 3.63) is 0 Å². The number of hydrogen-bond acceptors (Lipinski definition) is 0. The van der Waals surface area contributed by atoms with Gasteiger partial charge in [-0.3, -0.25) is 0 Å². The first-order valence-corrected chi connectivity index (χ1v) is 6.84. The molecule has 0 amide bonds. The molecule has 1 saturated carbocycles. The van der Waals surface area contributed by atoms with Crippen LogP contribution in [-0.4, -0.2) is 0 Å². The topological polar surface area (TPSA) is 0 Å². The molecular weight excluding hydrogens is 168 g/mol. The van der Waals surface area contributed by atoms with Crippen LogP contribution in [0.5, 0.6) is 0 Å². The number of rotatable bonds is 1. The third-order valence-electron chi connectivity index (χ3n) is 4.06. The summed E-state index contributed by atoms with van der Waals surface area (Å²) >= 11 is 0. The van der Waals surface area contributed by atoms with Gasteiger partial charge in [0.2, 0.25) is 0 Å². The molecule has 0 radical (unpaired) electrons. The smallest absolute Gasteiger partial charge is 0.0391 e. The fourth-order valence-corrected chi connectivity index (χ4v) is 2.88. The van der Waals surface area contributed by atoms with E-state index < -0.39 is 0 Å². The summed E-state index contributed by atoms with van der Waals surface area (Å²) in [6.45, 7) is 4.85. The highest BCUT2D eigenvalue weighted by atomic mass is 14.2. The van der Waals surface area contributed by atoms with E-state index in [1.165, 1.54) is 64.2 Å². The zero-order valence-corrected chi connectivity index (χ0v) is 10.2.